The number of amides is 1. The van der Waals surface area contributed by atoms with Gasteiger partial charge < -0.3 is 19.9 Å². The Morgan fingerprint density at radius 2 is 1.90 bits per heavy atom. The van der Waals surface area contributed by atoms with Crippen LogP contribution >= 0.6 is 23.2 Å². The van der Waals surface area contributed by atoms with Crippen LogP contribution in [-0.2, 0) is 14.3 Å². The Morgan fingerprint density at radius 1 is 1.20 bits per heavy atom. The van der Waals surface area contributed by atoms with Crippen molar-refractivity contribution in [1.82, 2.24) is 0 Å². The minimum Gasteiger partial charge on any atom is -0.494 e. The van der Waals surface area contributed by atoms with Gasteiger partial charge in [-0.15, -0.1) is 0 Å². The van der Waals surface area contributed by atoms with Gasteiger partial charge in [-0.25, -0.2) is 4.79 Å². The summed E-state index contributed by atoms with van der Waals surface area (Å²) in [5, 5.41) is 11.5. The number of aromatic carboxylic acids is 1. The highest BCUT2D eigenvalue weighted by Crippen LogP contribution is 2.32. The van der Waals surface area contributed by atoms with Gasteiger partial charge in [0.05, 0.1) is 15.7 Å². The molecule has 0 aromatic heterocycles. The molecule has 0 fully saturated rings. The van der Waals surface area contributed by atoms with Crippen molar-refractivity contribution >= 4 is 40.8 Å². The molecule has 0 atom stereocenters. The molecule has 1 aliphatic heterocycles. The van der Waals surface area contributed by atoms with Crippen molar-refractivity contribution in [2.75, 3.05) is 18.5 Å². The maximum atomic E-state index is 11.9. The standard InChI is InChI=1S/C12H9Cl2NO5/c13-6-1-2-7(14)10(9(6)12(17)18)15-11(16)8-5-19-3-4-20-8/h1-2,5H,3-4H2,(H,15,16)(H,17,18). The van der Waals surface area contributed by atoms with Crippen LogP contribution in [0.15, 0.2) is 24.2 Å². The lowest BCUT2D eigenvalue weighted by Gasteiger charge is -2.16. The van der Waals surface area contributed by atoms with E-state index in [1.807, 2.05) is 0 Å². The van der Waals surface area contributed by atoms with E-state index in [-0.39, 0.29) is 33.7 Å². The maximum absolute atomic E-state index is 11.9. The third-order valence-corrected chi connectivity index (χ3v) is 3.06. The normalized spacial score (nSPS) is 13.8. The summed E-state index contributed by atoms with van der Waals surface area (Å²) in [6, 6.07) is 2.72. The zero-order chi connectivity index (χ0) is 14.7. The molecule has 0 spiro atoms. The number of hydrogen-bond donors (Lipinski definition) is 2. The van der Waals surface area contributed by atoms with Crippen molar-refractivity contribution in [3.05, 3.63) is 39.8 Å². The molecule has 0 radical (unpaired) electrons. The van der Waals surface area contributed by atoms with Crippen molar-refractivity contribution in [3.63, 3.8) is 0 Å². The van der Waals surface area contributed by atoms with Gasteiger partial charge in [0, 0.05) is 0 Å². The molecule has 2 rings (SSSR count). The molecule has 1 aromatic rings. The Hall–Kier alpha value is -1.92. The van der Waals surface area contributed by atoms with Gasteiger partial charge in [0.2, 0.25) is 5.76 Å². The molecule has 8 heteroatoms. The molecular weight excluding hydrogens is 309 g/mol. The van der Waals surface area contributed by atoms with Crippen LogP contribution in [0.5, 0.6) is 0 Å². The average molecular weight is 318 g/mol. The molecular formula is C12H9Cl2NO5. The number of hydrogen-bond acceptors (Lipinski definition) is 4. The summed E-state index contributed by atoms with van der Waals surface area (Å²) in [6.45, 7) is 0.573. The molecule has 0 bridgehead atoms. The summed E-state index contributed by atoms with van der Waals surface area (Å²) in [5.74, 6) is -2.04. The zero-order valence-electron chi connectivity index (χ0n) is 9.98. The van der Waals surface area contributed by atoms with Crippen LogP contribution in [0.2, 0.25) is 10.0 Å². The number of halogens is 2. The van der Waals surface area contributed by atoms with E-state index in [9.17, 15) is 9.59 Å². The van der Waals surface area contributed by atoms with Crippen molar-refractivity contribution < 1.29 is 24.2 Å². The van der Waals surface area contributed by atoms with Crippen molar-refractivity contribution in [3.8, 4) is 0 Å². The van der Waals surface area contributed by atoms with Crippen LogP contribution in [0.25, 0.3) is 0 Å². The van der Waals surface area contributed by atoms with Gasteiger partial charge in [-0.1, -0.05) is 23.2 Å². The fourth-order valence-corrected chi connectivity index (χ4v) is 1.99. The Labute approximate surface area is 123 Å². The molecule has 1 amide bonds. The lowest BCUT2D eigenvalue weighted by Crippen LogP contribution is -2.22. The lowest BCUT2D eigenvalue weighted by atomic mass is 10.1. The summed E-state index contributed by atoms with van der Waals surface area (Å²) in [7, 11) is 0. The van der Waals surface area contributed by atoms with Crippen LogP contribution < -0.4 is 5.32 Å². The molecule has 1 aliphatic rings. The lowest BCUT2D eigenvalue weighted by molar-refractivity contribution is -0.117. The molecule has 0 saturated carbocycles. The number of nitrogens with one attached hydrogen (secondary N) is 1. The van der Waals surface area contributed by atoms with E-state index in [1.54, 1.807) is 0 Å². The van der Waals surface area contributed by atoms with Crippen LogP contribution in [0, 0.1) is 0 Å². The topological polar surface area (TPSA) is 84.9 Å². The molecule has 2 N–H and O–H groups in total. The highest BCUT2D eigenvalue weighted by Gasteiger charge is 2.22. The van der Waals surface area contributed by atoms with Crippen LogP contribution in [0.4, 0.5) is 5.69 Å². The number of carbonyl (C=O) groups is 2. The summed E-state index contributed by atoms with van der Waals surface area (Å²) in [6.07, 6.45) is 1.15. The van der Waals surface area contributed by atoms with Gasteiger partial charge in [0.25, 0.3) is 5.91 Å². The van der Waals surface area contributed by atoms with Crippen molar-refractivity contribution in [1.29, 1.82) is 0 Å². The largest absolute Gasteiger partial charge is 0.494 e. The van der Waals surface area contributed by atoms with Crippen LogP contribution in [0.3, 0.4) is 0 Å². The van der Waals surface area contributed by atoms with E-state index >= 15 is 0 Å². The fourth-order valence-electron chi connectivity index (χ4n) is 1.55. The predicted octanol–water partition coefficient (Wildman–Crippen LogP) is 2.52. The Bertz CT molecular complexity index is 600. The zero-order valence-corrected chi connectivity index (χ0v) is 11.5. The van der Waals surface area contributed by atoms with Gasteiger partial charge in [-0.3, -0.25) is 4.79 Å². The number of benzene rings is 1. The molecule has 0 aliphatic carbocycles. The Morgan fingerprint density at radius 3 is 2.50 bits per heavy atom. The first-order chi connectivity index (χ1) is 9.50. The summed E-state index contributed by atoms with van der Waals surface area (Å²) < 4.78 is 10.0. The Balaban J connectivity index is 2.33. The van der Waals surface area contributed by atoms with E-state index in [0.717, 1.165) is 6.26 Å². The van der Waals surface area contributed by atoms with E-state index in [2.05, 4.69) is 5.32 Å². The average Bonchev–Trinajstić information content (AvgIpc) is 2.43. The number of anilines is 1. The van der Waals surface area contributed by atoms with Gasteiger partial charge in [-0.2, -0.15) is 0 Å². The third-order valence-electron chi connectivity index (χ3n) is 2.43. The van der Waals surface area contributed by atoms with Gasteiger partial charge in [0.15, 0.2) is 0 Å². The number of ether oxygens (including phenoxy) is 2. The maximum Gasteiger partial charge on any atom is 0.339 e. The third kappa shape index (κ3) is 2.97. The fraction of sp³-hybridized carbons (Fsp3) is 0.167. The second-order valence-corrected chi connectivity index (χ2v) is 4.55. The summed E-state index contributed by atoms with van der Waals surface area (Å²) in [4.78, 5) is 23.1. The van der Waals surface area contributed by atoms with Crippen molar-refractivity contribution in [2.24, 2.45) is 0 Å². The molecule has 6 nitrogen and oxygen atoms in total. The molecule has 1 heterocycles. The second kappa shape index (κ2) is 6.02. The first-order valence-electron chi connectivity index (χ1n) is 5.48. The second-order valence-electron chi connectivity index (χ2n) is 3.74. The van der Waals surface area contributed by atoms with Crippen molar-refractivity contribution in [2.45, 2.75) is 0 Å². The monoisotopic (exact) mass is 317 g/mol. The highest BCUT2D eigenvalue weighted by molar-refractivity contribution is 6.38. The quantitative estimate of drug-likeness (QED) is 0.894. The van der Waals surface area contributed by atoms with E-state index in [0.29, 0.717) is 6.61 Å². The molecule has 0 unspecified atom stereocenters. The van der Waals surface area contributed by atoms with Gasteiger partial charge in [0.1, 0.15) is 25.0 Å². The number of rotatable bonds is 3. The molecule has 0 saturated heterocycles. The molecule has 106 valence electrons. The summed E-state index contributed by atoms with van der Waals surface area (Å²) >= 11 is 11.7. The Kier molecular flexibility index (Phi) is 4.36. The number of carboxylic acid groups (broad SMARTS) is 1. The minimum atomic E-state index is -1.30. The van der Waals surface area contributed by atoms with E-state index in [4.69, 9.17) is 37.8 Å². The van der Waals surface area contributed by atoms with Crippen LogP contribution in [0.1, 0.15) is 10.4 Å². The first-order valence-corrected chi connectivity index (χ1v) is 6.23. The number of carbonyl (C=O) groups excluding carboxylic acids is 1. The predicted molar refractivity (Wildman–Crippen MR) is 72.0 cm³/mol. The van der Waals surface area contributed by atoms with Crippen LogP contribution in [-0.4, -0.2) is 30.2 Å². The van der Waals surface area contributed by atoms with Gasteiger partial charge in [-0.05, 0) is 12.1 Å². The van der Waals surface area contributed by atoms with Gasteiger partial charge >= 0.3 is 5.97 Å². The number of carboxylic acids is 1. The van der Waals surface area contributed by atoms with E-state index < -0.39 is 11.9 Å². The minimum absolute atomic E-state index is 0.0352. The smallest absolute Gasteiger partial charge is 0.339 e. The first kappa shape index (κ1) is 14.5. The molecule has 20 heavy (non-hydrogen) atoms. The highest BCUT2D eigenvalue weighted by atomic mass is 35.5. The summed E-state index contributed by atoms with van der Waals surface area (Å²) in [5.41, 5.74) is -0.378. The van der Waals surface area contributed by atoms with E-state index in [1.165, 1.54) is 12.1 Å². The molecule has 1 aromatic carbocycles. The SMILES string of the molecule is O=C(Nc1c(Cl)ccc(Cl)c1C(=O)O)C1=COCCO1.